The van der Waals surface area contributed by atoms with Crippen LogP contribution in [0.1, 0.15) is 5.56 Å². The molecule has 0 bridgehead atoms. The molecule has 0 aromatic heterocycles. The maximum atomic E-state index is 11.5. The Bertz CT molecular complexity index is 1110. The lowest BCUT2D eigenvalue weighted by Gasteiger charge is -2.07. The summed E-state index contributed by atoms with van der Waals surface area (Å²) < 4.78 is 23.0. The van der Waals surface area contributed by atoms with Crippen LogP contribution in [0, 0.1) is 6.92 Å². The van der Waals surface area contributed by atoms with Crippen molar-refractivity contribution in [2.75, 3.05) is 6.26 Å². The van der Waals surface area contributed by atoms with Crippen molar-refractivity contribution in [1.29, 1.82) is 0 Å². The zero-order valence-corrected chi connectivity index (χ0v) is 14.4. The fourth-order valence-electron chi connectivity index (χ4n) is 2.53. The van der Waals surface area contributed by atoms with Crippen molar-refractivity contribution in [2.45, 2.75) is 11.8 Å². The molecular weight excluding hydrogens is 340 g/mol. The molecule has 0 aliphatic carbocycles. The molecule has 0 aliphatic rings. The minimum absolute atomic E-state index is 0.00260. The molecule has 0 radical (unpaired) electrons. The average Bonchev–Trinajstić information content (AvgIpc) is 2.57. The lowest BCUT2D eigenvalue weighted by molar-refractivity contribution is 0.473. The fraction of sp³-hybridized carbons (Fsp3) is 0.111. The van der Waals surface area contributed by atoms with Gasteiger partial charge in [0.15, 0.2) is 15.6 Å². The molecule has 0 fully saturated rings. The van der Waals surface area contributed by atoms with Crippen molar-refractivity contribution in [3.8, 4) is 11.5 Å². The molecule has 0 aliphatic heterocycles. The Hall–Kier alpha value is -2.93. The highest BCUT2D eigenvalue weighted by atomic mass is 32.2. The first-order valence-electron chi connectivity index (χ1n) is 7.43. The number of azo groups is 1. The van der Waals surface area contributed by atoms with Gasteiger partial charge in [-0.05, 0) is 36.1 Å². The molecule has 0 unspecified atom stereocenters. The van der Waals surface area contributed by atoms with Crippen LogP contribution in [0.4, 0.5) is 11.4 Å². The van der Waals surface area contributed by atoms with Gasteiger partial charge in [0, 0.05) is 17.7 Å². The Morgan fingerprint density at radius 2 is 1.52 bits per heavy atom. The van der Waals surface area contributed by atoms with Crippen LogP contribution in [-0.4, -0.2) is 24.9 Å². The maximum absolute atomic E-state index is 11.5. The molecule has 6 nitrogen and oxygen atoms in total. The van der Waals surface area contributed by atoms with Crippen LogP contribution in [-0.2, 0) is 9.84 Å². The van der Waals surface area contributed by atoms with Crippen molar-refractivity contribution < 1.29 is 18.6 Å². The first kappa shape index (κ1) is 16.9. The first-order valence-corrected chi connectivity index (χ1v) is 9.32. The second kappa shape index (κ2) is 6.18. The average molecular weight is 356 g/mol. The van der Waals surface area contributed by atoms with E-state index in [1.54, 1.807) is 12.1 Å². The molecule has 0 spiro atoms. The maximum Gasteiger partial charge on any atom is 0.175 e. The Balaban J connectivity index is 2.03. The van der Waals surface area contributed by atoms with Gasteiger partial charge in [0.25, 0.3) is 0 Å². The highest BCUT2D eigenvalue weighted by Crippen LogP contribution is 2.38. The largest absolute Gasteiger partial charge is 0.506 e. The summed E-state index contributed by atoms with van der Waals surface area (Å²) in [6.45, 7) is 1.90. The molecule has 3 aromatic carbocycles. The summed E-state index contributed by atoms with van der Waals surface area (Å²) in [5.41, 5.74) is 1.30. The predicted octanol–water partition coefficient (Wildman–Crippen LogP) is 4.38. The third-order valence-electron chi connectivity index (χ3n) is 3.84. The molecule has 0 atom stereocenters. The number of phenolic OH excluding ortho intramolecular Hbond substituents is 2. The van der Waals surface area contributed by atoms with E-state index in [1.807, 2.05) is 25.1 Å². The van der Waals surface area contributed by atoms with Gasteiger partial charge in [-0.3, -0.25) is 0 Å². The number of fused-ring (bicyclic) bond motifs is 1. The van der Waals surface area contributed by atoms with Gasteiger partial charge in [-0.25, -0.2) is 8.42 Å². The molecule has 0 heterocycles. The highest BCUT2D eigenvalue weighted by Gasteiger charge is 2.11. The molecule has 128 valence electrons. The van der Waals surface area contributed by atoms with Crippen LogP contribution >= 0.6 is 0 Å². The number of aromatic hydroxyl groups is 2. The molecule has 3 rings (SSSR count). The van der Waals surface area contributed by atoms with Crippen molar-refractivity contribution >= 4 is 32.0 Å². The summed E-state index contributed by atoms with van der Waals surface area (Å²) in [7, 11) is -3.42. The van der Waals surface area contributed by atoms with Crippen LogP contribution in [0.15, 0.2) is 63.7 Å². The summed E-state index contributed by atoms with van der Waals surface area (Å²) >= 11 is 0. The molecule has 3 aromatic rings. The van der Waals surface area contributed by atoms with E-state index in [-0.39, 0.29) is 27.8 Å². The zero-order chi connectivity index (χ0) is 18.2. The third kappa shape index (κ3) is 3.32. The predicted molar refractivity (Wildman–Crippen MR) is 95.7 cm³/mol. The number of phenols is 2. The third-order valence-corrected chi connectivity index (χ3v) is 4.95. The lowest BCUT2D eigenvalue weighted by Crippen LogP contribution is -1.95. The van der Waals surface area contributed by atoms with Crippen molar-refractivity contribution in [3.05, 3.63) is 54.1 Å². The van der Waals surface area contributed by atoms with Gasteiger partial charge in [-0.2, -0.15) is 0 Å². The van der Waals surface area contributed by atoms with E-state index in [0.29, 0.717) is 5.39 Å². The molecule has 0 saturated carbocycles. The van der Waals surface area contributed by atoms with E-state index in [2.05, 4.69) is 10.2 Å². The van der Waals surface area contributed by atoms with Gasteiger partial charge in [-0.1, -0.05) is 24.3 Å². The number of nitrogens with zero attached hydrogens (tertiary/aromatic N) is 2. The van der Waals surface area contributed by atoms with Gasteiger partial charge < -0.3 is 10.2 Å². The lowest BCUT2D eigenvalue weighted by atomic mass is 10.0. The van der Waals surface area contributed by atoms with E-state index in [0.717, 1.165) is 23.3 Å². The second-order valence-electron chi connectivity index (χ2n) is 5.73. The molecule has 0 amide bonds. The van der Waals surface area contributed by atoms with Crippen molar-refractivity contribution in [1.82, 2.24) is 0 Å². The van der Waals surface area contributed by atoms with Gasteiger partial charge >= 0.3 is 0 Å². The quantitative estimate of drug-likeness (QED) is 0.680. The van der Waals surface area contributed by atoms with Crippen molar-refractivity contribution in [3.63, 3.8) is 0 Å². The molecular formula is C18H16N2O4S. The summed E-state index contributed by atoms with van der Waals surface area (Å²) in [6.07, 6.45) is 1.05. The second-order valence-corrected chi connectivity index (χ2v) is 7.75. The summed E-state index contributed by atoms with van der Waals surface area (Å²) in [5, 5.41) is 29.8. The molecule has 25 heavy (non-hydrogen) atoms. The first-order chi connectivity index (χ1) is 11.8. The SMILES string of the molecule is Cc1cc(N=Nc2ccc(S(C)(=O)=O)cc2O)c(O)c2ccccc12. The fourth-order valence-corrected chi connectivity index (χ4v) is 3.17. The van der Waals surface area contributed by atoms with Gasteiger partial charge in [0.2, 0.25) is 0 Å². The standard InChI is InChI=1S/C18H16N2O4S/c1-11-9-16(18(22)14-6-4-3-5-13(11)14)20-19-15-8-7-12(10-17(15)21)25(2,23)24/h3-10,21-22H,1-2H3. The van der Waals surface area contributed by atoms with E-state index < -0.39 is 9.84 Å². The van der Waals surface area contributed by atoms with E-state index >= 15 is 0 Å². The van der Waals surface area contributed by atoms with Gasteiger partial charge in [0.05, 0.1) is 4.90 Å². The Labute approximate surface area is 145 Å². The van der Waals surface area contributed by atoms with E-state index in [1.165, 1.54) is 12.1 Å². The summed E-state index contributed by atoms with van der Waals surface area (Å²) in [5.74, 6) is -0.305. The number of hydrogen-bond acceptors (Lipinski definition) is 6. The Morgan fingerprint density at radius 1 is 0.880 bits per heavy atom. The topological polar surface area (TPSA) is 99.3 Å². The van der Waals surface area contributed by atoms with Crippen LogP contribution in [0.2, 0.25) is 0 Å². The molecule has 0 saturated heterocycles. The summed E-state index contributed by atoms with van der Waals surface area (Å²) in [4.78, 5) is -0.00616. The number of rotatable bonds is 3. The van der Waals surface area contributed by atoms with Crippen LogP contribution in [0.3, 0.4) is 0 Å². The minimum atomic E-state index is -3.42. The summed E-state index contributed by atoms with van der Waals surface area (Å²) in [6, 6.07) is 12.9. The van der Waals surface area contributed by atoms with Crippen LogP contribution in [0.5, 0.6) is 11.5 Å². The monoisotopic (exact) mass is 356 g/mol. The normalized spacial score (nSPS) is 12.1. The van der Waals surface area contributed by atoms with Crippen LogP contribution < -0.4 is 0 Å². The van der Waals surface area contributed by atoms with Gasteiger partial charge in [0.1, 0.15) is 17.1 Å². The Kier molecular flexibility index (Phi) is 4.18. The zero-order valence-electron chi connectivity index (χ0n) is 13.6. The number of hydrogen-bond donors (Lipinski definition) is 2. The van der Waals surface area contributed by atoms with E-state index in [4.69, 9.17) is 0 Å². The van der Waals surface area contributed by atoms with Gasteiger partial charge in [-0.15, -0.1) is 10.2 Å². The molecule has 2 N–H and O–H groups in total. The Morgan fingerprint density at radius 3 is 2.16 bits per heavy atom. The number of sulfone groups is 1. The minimum Gasteiger partial charge on any atom is -0.506 e. The number of benzene rings is 3. The van der Waals surface area contributed by atoms with Crippen LogP contribution in [0.25, 0.3) is 10.8 Å². The molecule has 7 heteroatoms. The smallest absolute Gasteiger partial charge is 0.175 e. The van der Waals surface area contributed by atoms with Crippen molar-refractivity contribution in [2.24, 2.45) is 10.2 Å². The number of aryl methyl sites for hydroxylation is 1. The highest BCUT2D eigenvalue weighted by molar-refractivity contribution is 7.90. The van der Waals surface area contributed by atoms with E-state index in [9.17, 15) is 18.6 Å².